The zero-order valence-corrected chi connectivity index (χ0v) is 18.3. The average Bonchev–Trinajstić information content (AvgIpc) is 3.07. The van der Waals surface area contributed by atoms with Crippen LogP contribution in [0.1, 0.15) is 45.1 Å². The number of rotatable bonds is 11. The Labute approximate surface area is 171 Å². The van der Waals surface area contributed by atoms with Crippen molar-refractivity contribution in [2.75, 3.05) is 17.7 Å². The SMILES string of the molecule is CCCCSc1nnc(NC(=O)CCCOc2ccc(CC)cc2Br)s1. The quantitative estimate of drug-likeness (QED) is 0.272. The van der Waals surface area contributed by atoms with Gasteiger partial charge < -0.3 is 10.1 Å². The molecule has 5 nitrogen and oxygen atoms in total. The molecule has 0 atom stereocenters. The number of thioether (sulfide) groups is 1. The standard InChI is InChI=1S/C18H24BrN3O2S2/c1-3-5-11-25-18-22-21-17(26-18)20-16(23)7-6-10-24-15-9-8-13(4-2)12-14(15)19/h8-9,12H,3-7,10-11H2,1-2H3,(H,20,21,23). The molecule has 2 aromatic rings. The van der Waals surface area contributed by atoms with E-state index >= 15 is 0 Å². The third kappa shape index (κ3) is 7.25. The maximum Gasteiger partial charge on any atom is 0.226 e. The summed E-state index contributed by atoms with van der Waals surface area (Å²) in [7, 11) is 0. The summed E-state index contributed by atoms with van der Waals surface area (Å²) >= 11 is 6.63. The summed E-state index contributed by atoms with van der Waals surface area (Å²) in [4.78, 5) is 12.0. The van der Waals surface area contributed by atoms with Crippen molar-refractivity contribution in [1.29, 1.82) is 0 Å². The van der Waals surface area contributed by atoms with Crippen LogP contribution in [0.25, 0.3) is 0 Å². The number of nitrogens with one attached hydrogen (secondary N) is 1. The molecule has 2 rings (SSSR count). The number of unbranched alkanes of at least 4 members (excludes halogenated alkanes) is 1. The summed E-state index contributed by atoms with van der Waals surface area (Å²) in [5.74, 6) is 1.78. The van der Waals surface area contributed by atoms with E-state index in [4.69, 9.17) is 4.74 Å². The number of nitrogens with zero attached hydrogens (tertiary/aromatic N) is 2. The predicted octanol–water partition coefficient (Wildman–Crippen LogP) is 5.55. The summed E-state index contributed by atoms with van der Waals surface area (Å²) in [5, 5.41) is 11.5. The second kappa shape index (κ2) is 11.6. The summed E-state index contributed by atoms with van der Waals surface area (Å²) < 4.78 is 7.59. The molecule has 1 heterocycles. The molecule has 0 radical (unpaired) electrons. The van der Waals surface area contributed by atoms with Gasteiger partial charge in [0.25, 0.3) is 0 Å². The topological polar surface area (TPSA) is 64.1 Å². The fraction of sp³-hybridized carbons (Fsp3) is 0.500. The van der Waals surface area contributed by atoms with Gasteiger partial charge in [-0.1, -0.05) is 49.4 Å². The number of aryl methyl sites for hydroxylation is 1. The van der Waals surface area contributed by atoms with Gasteiger partial charge in [-0.2, -0.15) is 0 Å². The lowest BCUT2D eigenvalue weighted by molar-refractivity contribution is -0.116. The highest BCUT2D eigenvalue weighted by atomic mass is 79.9. The van der Waals surface area contributed by atoms with Crippen molar-refractivity contribution >= 4 is 50.1 Å². The lowest BCUT2D eigenvalue weighted by Crippen LogP contribution is -2.12. The van der Waals surface area contributed by atoms with Crippen molar-refractivity contribution < 1.29 is 9.53 Å². The number of halogens is 1. The number of hydrogen-bond donors (Lipinski definition) is 1. The first-order chi connectivity index (χ1) is 12.6. The fourth-order valence-corrected chi connectivity index (χ4v) is 4.56. The second-order valence-corrected chi connectivity index (χ2v) is 8.87. The fourth-order valence-electron chi connectivity index (χ4n) is 2.10. The van der Waals surface area contributed by atoms with Gasteiger partial charge in [-0.05, 0) is 52.9 Å². The summed E-state index contributed by atoms with van der Waals surface area (Å²) in [5.41, 5.74) is 1.26. The van der Waals surface area contributed by atoms with Crippen LogP contribution in [0.2, 0.25) is 0 Å². The molecule has 0 saturated carbocycles. The van der Waals surface area contributed by atoms with Gasteiger partial charge in [0.2, 0.25) is 11.0 Å². The largest absolute Gasteiger partial charge is 0.492 e. The highest BCUT2D eigenvalue weighted by Gasteiger charge is 2.09. The van der Waals surface area contributed by atoms with E-state index in [0.717, 1.165) is 39.6 Å². The van der Waals surface area contributed by atoms with E-state index in [2.05, 4.69) is 57.4 Å². The van der Waals surface area contributed by atoms with E-state index < -0.39 is 0 Å². The number of ether oxygens (including phenoxy) is 1. The molecule has 142 valence electrons. The first-order valence-electron chi connectivity index (χ1n) is 8.79. The number of carbonyl (C=O) groups excluding carboxylic acids is 1. The Balaban J connectivity index is 1.67. The summed E-state index contributed by atoms with van der Waals surface area (Å²) in [6, 6.07) is 6.08. The molecule has 1 N–H and O–H groups in total. The van der Waals surface area contributed by atoms with Gasteiger partial charge in [-0.15, -0.1) is 10.2 Å². The molecular formula is C18H24BrN3O2S2. The van der Waals surface area contributed by atoms with Crippen LogP contribution in [0.4, 0.5) is 5.13 Å². The van der Waals surface area contributed by atoms with Crippen LogP contribution in [0.5, 0.6) is 5.75 Å². The molecule has 0 unspecified atom stereocenters. The van der Waals surface area contributed by atoms with E-state index in [1.165, 1.54) is 16.9 Å². The van der Waals surface area contributed by atoms with Gasteiger partial charge in [-0.3, -0.25) is 4.79 Å². The molecule has 0 spiro atoms. The van der Waals surface area contributed by atoms with Crippen molar-refractivity contribution in [2.45, 2.75) is 50.3 Å². The third-order valence-corrected chi connectivity index (χ3v) is 6.26. The molecule has 0 saturated heterocycles. The van der Waals surface area contributed by atoms with Gasteiger partial charge in [-0.25, -0.2) is 0 Å². The Morgan fingerprint density at radius 2 is 2.15 bits per heavy atom. The zero-order chi connectivity index (χ0) is 18.8. The van der Waals surface area contributed by atoms with Crippen molar-refractivity contribution in [3.05, 3.63) is 28.2 Å². The Hall–Kier alpha value is -1.12. The van der Waals surface area contributed by atoms with Crippen LogP contribution in [0.15, 0.2) is 27.0 Å². The van der Waals surface area contributed by atoms with Gasteiger partial charge in [0, 0.05) is 12.2 Å². The molecule has 0 aliphatic rings. The number of benzene rings is 1. The lowest BCUT2D eigenvalue weighted by Gasteiger charge is -2.09. The summed E-state index contributed by atoms with van der Waals surface area (Å²) in [6.45, 7) is 4.77. The monoisotopic (exact) mass is 457 g/mol. The van der Waals surface area contributed by atoms with Crippen molar-refractivity contribution in [3.63, 3.8) is 0 Å². The normalized spacial score (nSPS) is 10.7. The van der Waals surface area contributed by atoms with Crippen molar-refractivity contribution in [2.24, 2.45) is 0 Å². The molecule has 1 aromatic carbocycles. The van der Waals surface area contributed by atoms with E-state index in [-0.39, 0.29) is 5.91 Å². The van der Waals surface area contributed by atoms with E-state index in [0.29, 0.717) is 24.6 Å². The highest BCUT2D eigenvalue weighted by molar-refractivity contribution is 9.10. The molecule has 0 aliphatic heterocycles. The Kier molecular flexibility index (Phi) is 9.42. The maximum atomic E-state index is 12.0. The molecular weight excluding hydrogens is 434 g/mol. The van der Waals surface area contributed by atoms with Crippen LogP contribution in [0, 0.1) is 0 Å². The average molecular weight is 458 g/mol. The first kappa shape index (κ1) is 21.2. The molecule has 1 amide bonds. The van der Waals surface area contributed by atoms with Gasteiger partial charge in [0.1, 0.15) is 5.75 Å². The van der Waals surface area contributed by atoms with E-state index in [9.17, 15) is 4.79 Å². The number of hydrogen-bond acceptors (Lipinski definition) is 6. The number of anilines is 1. The maximum absolute atomic E-state index is 12.0. The Bertz CT molecular complexity index is 709. The number of amides is 1. The smallest absolute Gasteiger partial charge is 0.226 e. The Morgan fingerprint density at radius 3 is 2.88 bits per heavy atom. The molecule has 0 bridgehead atoms. The zero-order valence-electron chi connectivity index (χ0n) is 15.1. The van der Waals surface area contributed by atoms with Gasteiger partial charge >= 0.3 is 0 Å². The van der Waals surface area contributed by atoms with Crippen LogP contribution in [0.3, 0.4) is 0 Å². The molecule has 0 aliphatic carbocycles. The van der Waals surface area contributed by atoms with Crippen LogP contribution < -0.4 is 10.1 Å². The minimum Gasteiger partial charge on any atom is -0.492 e. The molecule has 26 heavy (non-hydrogen) atoms. The van der Waals surface area contributed by atoms with Crippen molar-refractivity contribution in [3.8, 4) is 5.75 Å². The van der Waals surface area contributed by atoms with Crippen LogP contribution in [-0.4, -0.2) is 28.5 Å². The third-order valence-electron chi connectivity index (χ3n) is 3.59. The van der Waals surface area contributed by atoms with Crippen LogP contribution in [-0.2, 0) is 11.2 Å². The minimum absolute atomic E-state index is 0.0599. The molecule has 0 fully saturated rings. The highest BCUT2D eigenvalue weighted by Crippen LogP contribution is 2.27. The predicted molar refractivity (Wildman–Crippen MR) is 112 cm³/mol. The first-order valence-corrected chi connectivity index (χ1v) is 11.4. The minimum atomic E-state index is -0.0599. The van der Waals surface area contributed by atoms with Crippen LogP contribution >= 0.6 is 39.0 Å². The number of carbonyl (C=O) groups is 1. The van der Waals surface area contributed by atoms with Gasteiger partial charge in [0.05, 0.1) is 11.1 Å². The molecule has 8 heteroatoms. The van der Waals surface area contributed by atoms with E-state index in [1.807, 2.05) is 6.07 Å². The summed E-state index contributed by atoms with van der Waals surface area (Å²) in [6.07, 6.45) is 4.34. The number of aromatic nitrogens is 2. The lowest BCUT2D eigenvalue weighted by atomic mass is 10.2. The molecule has 1 aromatic heterocycles. The van der Waals surface area contributed by atoms with E-state index in [1.54, 1.807) is 11.8 Å². The van der Waals surface area contributed by atoms with Crippen molar-refractivity contribution in [1.82, 2.24) is 10.2 Å². The Morgan fingerprint density at radius 1 is 1.31 bits per heavy atom. The van der Waals surface area contributed by atoms with Gasteiger partial charge in [0.15, 0.2) is 4.34 Å². The second-order valence-electron chi connectivity index (χ2n) is 5.69.